The molecule has 1 aromatic heterocycles. The number of aromatic nitrogens is 2. The predicted molar refractivity (Wildman–Crippen MR) is 69.1 cm³/mol. The number of hydrogen-bond donors (Lipinski definition) is 1. The van der Waals surface area contributed by atoms with Crippen LogP contribution in [0.1, 0.15) is 50.3 Å². The summed E-state index contributed by atoms with van der Waals surface area (Å²) in [5.74, 6) is 1.90. The molecule has 92 valence electrons. The van der Waals surface area contributed by atoms with Gasteiger partial charge in [0.2, 0.25) is 0 Å². The summed E-state index contributed by atoms with van der Waals surface area (Å²) in [6.07, 6.45) is 10.6. The Balaban J connectivity index is 1.82. The van der Waals surface area contributed by atoms with Gasteiger partial charge in [0.05, 0.1) is 0 Å². The van der Waals surface area contributed by atoms with Gasteiger partial charge in [-0.05, 0) is 44.4 Å². The number of hydrogen-bond acceptors (Lipinski definition) is 3. The molecule has 2 aliphatic carbocycles. The molecule has 1 N–H and O–H groups in total. The van der Waals surface area contributed by atoms with Crippen LogP contribution in [0.3, 0.4) is 0 Å². The molecule has 17 heavy (non-hydrogen) atoms. The highest BCUT2D eigenvalue weighted by Crippen LogP contribution is 2.30. The van der Waals surface area contributed by atoms with Crippen LogP contribution in [-0.2, 0) is 12.8 Å². The van der Waals surface area contributed by atoms with Crippen LogP contribution in [0.2, 0.25) is 0 Å². The fourth-order valence-corrected chi connectivity index (χ4v) is 3.18. The van der Waals surface area contributed by atoms with Gasteiger partial charge < -0.3 is 5.32 Å². The molecule has 3 rings (SSSR count). The smallest absolute Gasteiger partial charge is 0.133 e. The van der Waals surface area contributed by atoms with Crippen molar-refractivity contribution in [2.75, 3.05) is 5.32 Å². The molecule has 3 nitrogen and oxygen atoms in total. The third-order valence-corrected chi connectivity index (χ3v) is 4.31. The number of aryl methyl sites for hydroxylation is 1. The molecule has 3 heteroatoms. The van der Waals surface area contributed by atoms with Crippen molar-refractivity contribution in [1.29, 1.82) is 0 Å². The molecule has 1 heterocycles. The molecule has 0 bridgehead atoms. The van der Waals surface area contributed by atoms with Gasteiger partial charge in [0.25, 0.3) is 0 Å². The van der Waals surface area contributed by atoms with Crippen molar-refractivity contribution >= 4 is 5.82 Å². The summed E-state index contributed by atoms with van der Waals surface area (Å²) in [5, 5.41) is 3.67. The van der Waals surface area contributed by atoms with Crippen molar-refractivity contribution in [1.82, 2.24) is 9.97 Å². The van der Waals surface area contributed by atoms with Crippen LogP contribution in [0.25, 0.3) is 0 Å². The Hall–Kier alpha value is -1.12. The summed E-state index contributed by atoms with van der Waals surface area (Å²) in [4.78, 5) is 8.89. The molecule has 2 unspecified atom stereocenters. The van der Waals surface area contributed by atoms with Gasteiger partial charge in [-0.1, -0.05) is 13.3 Å². The minimum atomic E-state index is 0.621. The molecular weight excluding hydrogens is 210 g/mol. The highest BCUT2D eigenvalue weighted by molar-refractivity contribution is 5.47. The van der Waals surface area contributed by atoms with Crippen molar-refractivity contribution in [3.05, 3.63) is 17.6 Å². The number of rotatable bonds is 2. The minimum Gasteiger partial charge on any atom is -0.367 e. The van der Waals surface area contributed by atoms with Crippen molar-refractivity contribution in [3.8, 4) is 0 Å². The van der Waals surface area contributed by atoms with E-state index in [9.17, 15) is 0 Å². The van der Waals surface area contributed by atoms with E-state index in [1.165, 1.54) is 43.4 Å². The molecule has 0 radical (unpaired) electrons. The Kier molecular flexibility index (Phi) is 3.00. The molecule has 0 aromatic carbocycles. The van der Waals surface area contributed by atoms with E-state index in [0.717, 1.165) is 24.6 Å². The van der Waals surface area contributed by atoms with Crippen molar-refractivity contribution in [2.24, 2.45) is 5.92 Å². The van der Waals surface area contributed by atoms with Gasteiger partial charge in [-0.2, -0.15) is 0 Å². The van der Waals surface area contributed by atoms with Crippen LogP contribution in [0.4, 0.5) is 5.82 Å². The number of anilines is 1. The molecule has 1 fully saturated rings. The lowest BCUT2D eigenvalue weighted by molar-refractivity contribution is 0.552. The Morgan fingerprint density at radius 3 is 2.82 bits per heavy atom. The van der Waals surface area contributed by atoms with Gasteiger partial charge >= 0.3 is 0 Å². The molecule has 2 atom stereocenters. The molecule has 0 saturated heterocycles. The minimum absolute atomic E-state index is 0.621. The third kappa shape index (κ3) is 2.15. The molecular formula is C14H21N3. The Bertz CT molecular complexity index is 402. The van der Waals surface area contributed by atoms with Gasteiger partial charge in [0, 0.05) is 17.3 Å². The van der Waals surface area contributed by atoms with Gasteiger partial charge in [-0.3, -0.25) is 0 Å². The van der Waals surface area contributed by atoms with E-state index in [1.54, 1.807) is 6.33 Å². The maximum Gasteiger partial charge on any atom is 0.133 e. The standard InChI is InChI=1S/C14H21N3/c1-10-5-4-8-12(10)17-14-11-6-2-3-7-13(11)15-9-16-14/h9-10,12H,2-8H2,1H3,(H,15,16,17). The lowest BCUT2D eigenvalue weighted by Crippen LogP contribution is -2.24. The summed E-state index contributed by atoms with van der Waals surface area (Å²) in [6, 6.07) is 0.621. The maximum absolute atomic E-state index is 4.47. The number of nitrogens with zero attached hydrogens (tertiary/aromatic N) is 2. The fourth-order valence-electron chi connectivity index (χ4n) is 3.18. The number of nitrogens with one attached hydrogen (secondary N) is 1. The average molecular weight is 231 g/mol. The normalized spacial score (nSPS) is 27.8. The highest BCUT2D eigenvalue weighted by Gasteiger charge is 2.25. The SMILES string of the molecule is CC1CCCC1Nc1ncnc2c1CCCC2. The van der Waals surface area contributed by atoms with Gasteiger partial charge in [0.1, 0.15) is 12.1 Å². The average Bonchev–Trinajstić information content (AvgIpc) is 2.76. The molecule has 2 aliphatic rings. The fraction of sp³-hybridized carbons (Fsp3) is 0.714. The molecule has 1 aromatic rings. The summed E-state index contributed by atoms with van der Waals surface area (Å²) < 4.78 is 0. The van der Waals surface area contributed by atoms with E-state index in [1.807, 2.05) is 0 Å². The Morgan fingerprint density at radius 2 is 2.00 bits per heavy atom. The summed E-state index contributed by atoms with van der Waals surface area (Å²) in [6.45, 7) is 2.35. The summed E-state index contributed by atoms with van der Waals surface area (Å²) >= 11 is 0. The van der Waals surface area contributed by atoms with Crippen molar-refractivity contribution in [3.63, 3.8) is 0 Å². The van der Waals surface area contributed by atoms with Crippen LogP contribution >= 0.6 is 0 Å². The highest BCUT2D eigenvalue weighted by atomic mass is 15.0. The van der Waals surface area contributed by atoms with E-state index in [0.29, 0.717) is 6.04 Å². The lowest BCUT2D eigenvalue weighted by atomic mass is 9.96. The van der Waals surface area contributed by atoms with E-state index in [2.05, 4.69) is 22.2 Å². The Labute approximate surface area is 103 Å². The second-order valence-corrected chi connectivity index (χ2v) is 5.51. The molecule has 0 spiro atoms. The topological polar surface area (TPSA) is 37.8 Å². The first-order valence-electron chi connectivity index (χ1n) is 6.94. The zero-order valence-corrected chi connectivity index (χ0v) is 10.6. The largest absolute Gasteiger partial charge is 0.367 e. The third-order valence-electron chi connectivity index (χ3n) is 4.31. The van der Waals surface area contributed by atoms with E-state index < -0.39 is 0 Å². The zero-order valence-electron chi connectivity index (χ0n) is 10.6. The van der Waals surface area contributed by atoms with Crippen LogP contribution < -0.4 is 5.32 Å². The maximum atomic E-state index is 4.47. The van der Waals surface area contributed by atoms with E-state index in [4.69, 9.17) is 0 Å². The van der Waals surface area contributed by atoms with Crippen LogP contribution in [0.15, 0.2) is 6.33 Å². The van der Waals surface area contributed by atoms with Crippen LogP contribution in [0, 0.1) is 5.92 Å². The predicted octanol–water partition coefficient (Wildman–Crippen LogP) is 2.96. The summed E-state index contributed by atoms with van der Waals surface area (Å²) in [5.41, 5.74) is 2.66. The van der Waals surface area contributed by atoms with Crippen molar-refractivity contribution in [2.45, 2.75) is 57.9 Å². The van der Waals surface area contributed by atoms with Gasteiger partial charge in [-0.25, -0.2) is 9.97 Å². The van der Waals surface area contributed by atoms with E-state index >= 15 is 0 Å². The van der Waals surface area contributed by atoms with Crippen LogP contribution in [0.5, 0.6) is 0 Å². The molecule has 0 amide bonds. The van der Waals surface area contributed by atoms with Crippen molar-refractivity contribution < 1.29 is 0 Å². The van der Waals surface area contributed by atoms with Gasteiger partial charge in [-0.15, -0.1) is 0 Å². The first-order chi connectivity index (χ1) is 8.34. The molecule has 1 saturated carbocycles. The second-order valence-electron chi connectivity index (χ2n) is 5.51. The Morgan fingerprint density at radius 1 is 1.12 bits per heavy atom. The zero-order chi connectivity index (χ0) is 11.7. The lowest BCUT2D eigenvalue weighted by Gasteiger charge is -2.22. The summed E-state index contributed by atoms with van der Waals surface area (Å²) in [7, 11) is 0. The van der Waals surface area contributed by atoms with E-state index in [-0.39, 0.29) is 0 Å². The monoisotopic (exact) mass is 231 g/mol. The molecule has 0 aliphatic heterocycles. The second kappa shape index (κ2) is 4.63. The quantitative estimate of drug-likeness (QED) is 0.850. The van der Waals surface area contributed by atoms with Crippen LogP contribution in [-0.4, -0.2) is 16.0 Å². The number of fused-ring (bicyclic) bond motifs is 1. The van der Waals surface area contributed by atoms with Gasteiger partial charge in [0.15, 0.2) is 0 Å². The first-order valence-corrected chi connectivity index (χ1v) is 6.94. The first kappa shape index (κ1) is 11.0.